The molecule has 372 valence electrons. The molecule has 7 atom stereocenters. The van der Waals surface area contributed by atoms with Crippen LogP contribution in [-0.2, 0) is 63.5 Å². The van der Waals surface area contributed by atoms with E-state index in [9.17, 15) is 62.7 Å². The predicted molar refractivity (Wildman–Crippen MR) is 241 cm³/mol. The summed E-state index contributed by atoms with van der Waals surface area (Å²) >= 11 is 1.08. The molecule has 0 saturated carbocycles. The fourth-order valence-electron chi connectivity index (χ4n) is 6.56. The molecule has 2 amide bonds. The number of nitrogens with zero attached hydrogens (tertiary/aromatic N) is 4. The van der Waals surface area contributed by atoms with Crippen molar-refractivity contribution in [2.24, 2.45) is 5.41 Å². The van der Waals surface area contributed by atoms with E-state index in [0.717, 1.165) is 33.8 Å². The fourth-order valence-corrected chi connectivity index (χ4v) is 10.1. The number of carbonyl (C=O) groups is 4. The van der Waals surface area contributed by atoms with Gasteiger partial charge < -0.3 is 50.9 Å². The number of phosphoric acid groups is 3. The zero-order valence-corrected chi connectivity index (χ0v) is 40.0. The number of imidazole rings is 1. The lowest BCUT2D eigenvalue weighted by molar-refractivity contribution is -0.137. The van der Waals surface area contributed by atoms with E-state index in [-0.39, 0.29) is 60.3 Å². The Kier molecular flexibility index (Phi) is 19.3. The molecule has 25 nitrogen and oxygen atoms in total. The third-order valence-electron chi connectivity index (χ3n) is 10.1. The van der Waals surface area contributed by atoms with Crippen LogP contribution in [0.3, 0.4) is 0 Å². The first kappa shape index (κ1) is 54.6. The first-order valence-electron chi connectivity index (χ1n) is 20.7. The normalized spacial score (nSPS) is 19.8. The molecular weight excluding hydrogens is 979 g/mol. The molecule has 1 fully saturated rings. The van der Waals surface area contributed by atoms with E-state index in [1.807, 2.05) is 30.3 Å². The Morgan fingerprint density at radius 3 is 2.13 bits per heavy atom. The number of thioether (sulfide) groups is 1. The summed E-state index contributed by atoms with van der Waals surface area (Å²) in [5.41, 5.74) is 5.91. The lowest BCUT2D eigenvalue weighted by Crippen LogP contribution is -2.46. The minimum absolute atomic E-state index is 0.0272. The van der Waals surface area contributed by atoms with Crippen LogP contribution in [0.2, 0.25) is 0 Å². The number of hydrogen-bond donors (Lipinski definition) is 9. The van der Waals surface area contributed by atoms with Gasteiger partial charge in [0.05, 0.1) is 13.2 Å². The number of phosphoric ester groups is 3. The van der Waals surface area contributed by atoms with Crippen molar-refractivity contribution in [1.29, 1.82) is 0 Å². The highest BCUT2D eigenvalue weighted by atomic mass is 32.2. The number of aryl methyl sites for hydroxylation is 2. The highest BCUT2D eigenvalue weighted by molar-refractivity contribution is 8.13. The van der Waals surface area contributed by atoms with Gasteiger partial charge in [-0.2, -0.15) is 4.31 Å². The van der Waals surface area contributed by atoms with Crippen molar-refractivity contribution < 1.29 is 85.3 Å². The second kappa shape index (κ2) is 24.0. The van der Waals surface area contributed by atoms with E-state index in [1.54, 1.807) is 30.3 Å². The van der Waals surface area contributed by atoms with Crippen molar-refractivity contribution in [2.75, 3.05) is 37.8 Å². The number of carbonyl (C=O) groups excluding carboxylic acids is 4. The molecule has 29 heteroatoms. The van der Waals surface area contributed by atoms with Crippen molar-refractivity contribution >= 4 is 74.9 Å². The number of aliphatic hydroxyl groups excluding tert-OH is 2. The van der Waals surface area contributed by atoms with E-state index < -0.39 is 90.3 Å². The van der Waals surface area contributed by atoms with E-state index in [4.69, 9.17) is 24.0 Å². The third-order valence-corrected chi connectivity index (χ3v) is 14.1. The second-order valence-electron chi connectivity index (χ2n) is 15.8. The maximum Gasteiger partial charge on any atom is 0.481 e. The van der Waals surface area contributed by atoms with Crippen LogP contribution in [0.25, 0.3) is 11.2 Å². The van der Waals surface area contributed by atoms with Gasteiger partial charge in [-0.05, 0) is 24.0 Å². The SMILES string of the molecule is CC(C)(COP(=O)(O)OP(=O)(O)OC[C@H]1O[C@@H](n2c(C(=O)CCc3ccccc3)nc3c(N)ncnc32)[C@H](O)[C@@H]1OP(=O)(O)O)[C@@H](O)C(=O)NCCC(=O)NCCSC(=O)CCc1ccccc1. The Balaban J connectivity index is 1.12. The fraction of sp³-hybridized carbons (Fsp3) is 0.462. The van der Waals surface area contributed by atoms with Gasteiger partial charge in [-0.1, -0.05) is 86.3 Å². The zero-order chi connectivity index (χ0) is 49.9. The van der Waals surface area contributed by atoms with Crippen LogP contribution in [0.15, 0.2) is 67.0 Å². The summed E-state index contributed by atoms with van der Waals surface area (Å²) in [6.07, 6.45) is -7.85. The third kappa shape index (κ3) is 16.1. The molecule has 68 heavy (non-hydrogen) atoms. The van der Waals surface area contributed by atoms with E-state index in [1.165, 1.54) is 13.8 Å². The molecule has 0 spiro atoms. The second-order valence-corrected chi connectivity index (χ2v) is 21.2. The van der Waals surface area contributed by atoms with Crippen molar-refractivity contribution in [2.45, 2.75) is 76.6 Å². The molecule has 4 aromatic rings. The first-order valence-corrected chi connectivity index (χ1v) is 26.2. The lowest BCUT2D eigenvalue weighted by atomic mass is 9.87. The number of amides is 2. The van der Waals surface area contributed by atoms with Gasteiger partial charge in [0, 0.05) is 43.5 Å². The van der Waals surface area contributed by atoms with Gasteiger partial charge in [-0.25, -0.2) is 28.6 Å². The summed E-state index contributed by atoms with van der Waals surface area (Å²) in [7, 11) is -16.7. The van der Waals surface area contributed by atoms with Crippen LogP contribution in [0.5, 0.6) is 0 Å². The molecule has 5 rings (SSSR count). The summed E-state index contributed by atoms with van der Waals surface area (Å²) < 4.78 is 63.4. The molecule has 3 heterocycles. The molecule has 10 N–H and O–H groups in total. The van der Waals surface area contributed by atoms with Gasteiger partial charge in [0.1, 0.15) is 30.7 Å². The number of hydrogen-bond acceptors (Lipinski definition) is 19. The minimum Gasteiger partial charge on any atom is -0.386 e. The molecule has 2 aromatic heterocycles. The quantitative estimate of drug-likeness (QED) is 0.0247. The van der Waals surface area contributed by atoms with Crippen LogP contribution in [-0.4, -0.2) is 128 Å². The largest absolute Gasteiger partial charge is 0.481 e. The van der Waals surface area contributed by atoms with E-state index in [2.05, 4.69) is 29.9 Å². The summed E-state index contributed by atoms with van der Waals surface area (Å²) in [4.78, 5) is 103. The summed E-state index contributed by atoms with van der Waals surface area (Å²) in [5, 5.41) is 27.0. The molecule has 1 saturated heterocycles. The topological polar surface area (TPSA) is 381 Å². The average molecular weight is 1030 g/mol. The number of nitrogens with two attached hydrogens (primary N) is 1. The monoisotopic (exact) mass is 1030 g/mol. The Hall–Kier alpha value is -4.33. The minimum atomic E-state index is -5.69. The summed E-state index contributed by atoms with van der Waals surface area (Å²) in [6.45, 7) is 0.302. The van der Waals surface area contributed by atoms with Crippen molar-refractivity contribution in [1.82, 2.24) is 30.2 Å². The Bertz CT molecular complexity index is 2540. The molecule has 1 aliphatic heterocycles. The molecule has 0 radical (unpaired) electrons. The van der Waals surface area contributed by atoms with Crippen LogP contribution in [0, 0.1) is 5.41 Å². The number of nitrogens with one attached hydrogen (secondary N) is 2. The number of aromatic nitrogens is 4. The number of benzene rings is 2. The molecule has 1 aliphatic rings. The van der Waals surface area contributed by atoms with E-state index in [0.29, 0.717) is 18.6 Å². The van der Waals surface area contributed by atoms with Crippen LogP contribution in [0.4, 0.5) is 5.82 Å². The molecule has 0 aliphatic carbocycles. The highest BCUT2D eigenvalue weighted by Crippen LogP contribution is 2.61. The predicted octanol–water partition coefficient (Wildman–Crippen LogP) is 2.11. The number of anilines is 1. The molecule has 2 aromatic carbocycles. The summed E-state index contributed by atoms with van der Waals surface area (Å²) in [5.74, 6) is -2.26. The van der Waals surface area contributed by atoms with Crippen molar-refractivity contribution in [3.63, 3.8) is 0 Å². The van der Waals surface area contributed by atoms with Crippen LogP contribution in [0.1, 0.15) is 61.1 Å². The van der Waals surface area contributed by atoms with Gasteiger partial charge >= 0.3 is 23.5 Å². The maximum absolute atomic E-state index is 13.6. The lowest BCUT2D eigenvalue weighted by Gasteiger charge is -2.30. The standard InChI is InChI=1S/C39H52N7O18P3S/c1-39(2,33(51)37(52)42-18-17-28(48)41-19-20-68-29(49)16-14-25-11-7-4-8-12-25)22-61-67(58,59)64-66(56,57)60-21-27-32(63-65(53,54)55)31(50)38(62-27)46-35(45-30-34(40)43-23-44-36(30)46)26(47)15-13-24-9-5-3-6-10-24/h3-12,23,27,31-33,38,50-51H,13-22H2,1-2H3,(H,41,48)(H,42,52)(H,56,57)(H,58,59)(H2,40,43,44)(H2,53,54,55)/t27-,31-,32-,33+,38-/m1/s1. The Labute approximate surface area is 393 Å². The number of fused-ring (bicyclic) bond motifs is 1. The number of ether oxygens (including phenoxy) is 1. The molecular formula is C39H52N7O18P3S. The van der Waals surface area contributed by atoms with Crippen molar-refractivity contribution in [3.8, 4) is 0 Å². The Morgan fingerprint density at radius 2 is 1.50 bits per heavy atom. The number of nitrogen functional groups attached to an aromatic ring is 1. The first-order chi connectivity index (χ1) is 31.9. The van der Waals surface area contributed by atoms with E-state index >= 15 is 0 Å². The van der Waals surface area contributed by atoms with Gasteiger partial charge in [0.2, 0.25) is 11.8 Å². The zero-order valence-electron chi connectivity index (χ0n) is 36.5. The van der Waals surface area contributed by atoms with Gasteiger partial charge in [-0.3, -0.25) is 37.3 Å². The highest BCUT2D eigenvalue weighted by Gasteiger charge is 2.51. The Morgan fingerprint density at radius 1 is 0.882 bits per heavy atom. The number of Topliss-reactive ketones (excluding diaryl/α,β-unsaturated/α-hetero) is 1. The van der Waals surface area contributed by atoms with Crippen LogP contribution < -0.4 is 16.4 Å². The summed E-state index contributed by atoms with van der Waals surface area (Å²) in [6, 6.07) is 18.4. The van der Waals surface area contributed by atoms with Crippen molar-refractivity contribution in [3.05, 3.63) is 83.9 Å². The molecule has 0 bridgehead atoms. The number of ketones is 1. The number of rotatable bonds is 26. The van der Waals surface area contributed by atoms with Crippen LogP contribution >= 0.6 is 35.2 Å². The van der Waals surface area contributed by atoms with Gasteiger partial charge in [0.25, 0.3) is 0 Å². The number of aliphatic hydroxyl groups is 2. The van der Waals surface area contributed by atoms with Gasteiger partial charge in [0.15, 0.2) is 39.9 Å². The molecule has 2 unspecified atom stereocenters. The smallest absolute Gasteiger partial charge is 0.386 e. The average Bonchev–Trinajstić information content (AvgIpc) is 3.81. The van der Waals surface area contributed by atoms with Gasteiger partial charge in [-0.15, -0.1) is 0 Å². The maximum atomic E-state index is 13.6.